The number of aliphatic hydroxyl groups is 1. The average Bonchev–Trinajstić information content (AvgIpc) is 3.14. The summed E-state index contributed by atoms with van der Waals surface area (Å²) in [5.41, 5.74) is 13.6. The fraction of sp³-hybridized carbons (Fsp3) is 0.480. The number of aromatic nitrogens is 1. The summed E-state index contributed by atoms with van der Waals surface area (Å²) in [7, 11) is 0. The topological polar surface area (TPSA) is 106 Å². The lowest BCUT2D eigenvalue weighted by molar-refractivity contribution is -0.165. The third-order valence-corrected chi connectivity index (χ3v) is 8.17. The van der Waals surface area contributed by atoms with Crippen LogP contribution in [0, 0.1) is 13.8 Å². The third-order valence-electron chi connectivity index (χ3n) is 8.17. The average molecular weight is 434 g/mol. The molecule has 4 heterocycles. The number of rotatable bonds is 1. The Hall–Kier alpha value is -2.77. The van der Waals surface area contributed by atoms with Crippen LogP contribution in [0.4, 0.5) is 0 Å². The van der Waals surface area contributed by atoms with Crippen LogP contribution in [0.3, 0.4) is 0 Å². The molecule has 1 unspecified atom stereocenters. The van der Waals surface area contributed by atoms with E-state index >= 15 is 0 Å². The Balaban J connectivity index is 1.57. The van der Waals surface area contributed by atoms with Gasteiger partial charge in [-0.15, -0.1) is 0 Å². The molecule has 0 saturated heterocycles. The number of benzene rings is 1. The zero-order valence-corrected chi connectivity index (χ0v) is 18.6. The minimum absolute atomic E-state index is 0.0841. The number of ether oxygens (including phenoxy) is 1. The van der Waals surface area contributed by atoms with Gasteiger partial charge >= 0.3 is 5.97 Å². The Morgan fingerprint density at radius 3 is 2.84 bits per heavy atom. The Morgan fingerprint density at radius 2 is 2.09 bits per heavy atom. The van der Waals surface area contributed by atoms with Crippen molar-refractivity contribution in [3.05, 3.63) is 50.7 Å². The molecule has 0 bridgehead atoms. The van der Waals surface area contributed by atoms with Crippen molar-refractivity contribution < 1.29 is 19.4 Å². The van der Waals surface area contributed by atoms with Crippen molar-refractivity contribution in [1.82, 2.24) is 9.88 Å². The van der Waals surface area contributed by atoms with Crippen molar-refractivity contribution in [2.75, 3.05) is 6.61 Å². The molecule has 1 amide bonds. The normalized spacial score (nSPS) is 28.6. The van der Waals surface area contributed by atoms with Crippen LogP contribution in [0.25, 0.3) is 10.9 Å². The van der Waals surface area contributed by atoms with E-state index in [0.29, 0.717) is 24.1 Å². The summed E-state index contributed by atoms with van der Waals surface area (Å²) in [4.78, 5) is 32.8. The van der Waals surface area contributed by atoms with Crippen LogP contribution >= 0.6 is 0 Å². The predicted octanol–water partition coefficient (Wildman–Crippen LogP) is 2.58. The fourth-order valence-electron chi connectivity index (χ4n) is 6.22. The second-order valence-corrected chi connectivity index (χ2v) is 9.63. The summed E-state index contributed by atoms with van der Waals surface area (Å²) in [6.45, 7) is 6.37. The molecule has 0 fully saturated rings. The van der Waals surface area contributed by atoms with E-state index in [0.717, 1.165) is 40.6 Å². The molecule has 7 heteroatoms. The van der Waals surface area contributed by atoms with Gasteiger partial charge in [-0.25, -0.2) is 4.79 Å². The maximum absolute atomic E-state index is 13.5. The second kappa shape index (κ2) is 6.39. The molecule has 0 spiro atoms. The van der Waals surface area contributed by atoms with Crippen molar-refractivity contribution in [2.24, 2.45) is 5.73 Å². The van der Waals surface area contributed by atoms with E-state index in [1.165, 1.54) is 16.7 Å². The number of nitrogens with two attached hydrogens (primary N) is 1. The Bertz CT molecular complexity index is 1280. The van der Waals surface area contributed by atoms with Gasteiger partial charge in [0.25, 0.3) is 5.91 Å². The lowest BCUT2D eigenvalue weighted by Gasteiger charge is -2.41. The van der Waals surface area contributed by atoms with E-state index in [4.69, 9.17) is 15.5 Å². The number of hydrogen-bond donors (Lipinski definition) is 2. The van der Waals surface area contributed by atoms with Gasteiger partial charge in [0.15, 0.2) is 5.60 Å². The van der Waals surface area contributed by atoms with Gasteiger partial charge < -0.3 is 20.5 Å². The standard InChI is InChI=1S/C25H27N3O4/c1-4-25(31)16-8-19-22-14(9-28(19)23(29)15(16)10-32-24(25)30)20-17(26)6-5-13-12(3)11(2)7-18(27-22)21(13)20/h7,17,19,31H,4-6,8-10,26H2,1-3H3/t17-,19?,25-/m0/s1. The van der Waals surface area contributed by atoms with Gasteiger partial charge in [-0.3, -0.25) is 9.78 Å². The monoisotopic (exact) mass is 433 g/mol. The molecule has 166 valence electrons. The molecule has 0 radical (unpaired) electrons. The first-order valence-corrected chi connectivity index (χ1v) is 11.4. The van der Waals surface area contributed by atoms with Gasteiger partial charge in [-0.1, -0.05) is 6.92 Å². The summed E-state index contributed by atoms with van der Waals surface area (Å²) < 4.78 is 5.20. The first-order chi connectivity index (χ1) is 15.3. The summed E-state index contributed by atoms with van der Waals surface area (Å²) in [6.07, 6.45) is 2.36. The van der Waals surface area contributed by atoms with E-state index in [9.17, 15) is 14.7 Å². The summed E-state index contributed by atoms with van der Waals surface area (Å²) in [6, 6.07) is 1.72. The Labute approximate surface area is 186 Å². The van der Waals surface area contributed by atoms with Crippen LogP contribution in [0.1, 0.15) is 71.8 Å². The van der Waals surface area contributed by atoms with Crippen molar-refractivity contribution in [2.45, 2.75) is 70.7 Å². The zero-order chi connectivity index (χ0) is 22.5. The molecule has 0 saturated carbocycles. The summed E-state index contributed by atoms with van der Waals surface area (Å²) >= 11 is 0. The predicted molar refractivity (Wildman–Crippen MR) is 118 cm³/mol. The molecular formula is C25H27N3O4. The number of esters is 1. The van der Waals surface area contributed by atoms with Crippen molar-refractivity contribution in [3.8, 4) is 0 Å². The fourth-order valence-corrected chi connectivity index (χ4v) is 6.22. The van der Waals surface area contributed by atoms with E-state index in [1.54, 1.807) is 6.92 Å². The van der Waals surface area contributed by atoms with Gasteiger partial charge in [0.05, 0.1) is 22.8 Å². The van der Waals surface area contributed by atoms with Crippen LogP contribution in [0.5, 0.6) is 0 Å². The number of fused-ring (bicyclic) bond motifs is 4. The van der Waals surface area contributed by atoms with Crippen molar-refractivity contribution in [3.63, 3.8) is 0 Å². The van der Waals surface area contributed by atoms with Crippen molar-refractivity contribution in [1.29, 1.82) is 0 Å². The molecule has 32 heavy (non-hydrogen) atoms. The number of aryl methyl sites for hydroxylation is 2. The number of nitrogens with zero attached hydrogens (tertiary/aromatic N) is 2. The highest BCUT2D eigenvalue weighted by Crippen LogP contribution is 2.50. The SMILES string of the molecule is CC[C@@]1(O)C(=O)OCC2=C1CC1c3nc4cc(C)c(C)c5c4c(c3CN1C2=O)[C@@H](N)CC5. The third kappa shape index (κ3) is 2.30. The van der Waals surface area contributed by atoms with Gasteiger partial charge in [-0.05, 0) is 73.4 Å². The Morgan fingerprint density at radius 1 is 1.31 bits per heavy atom. The minimum Gasteiger partial charge on any atom is -0.458 e. The molecule has 3 N–H and O–H groups in total. The molecule has 4 aliphatic rings. The summed E-state index contributed by atoms with van der Waals surface area (Å²) in [5.74, 6) is -0.848. The number of cyclic esters (lactones) is 1. The molecule has 1 aliphatic carbocycles. The lowest BCUT2D eigenvalue weighted by Crippen LogP contribution is -2.51. The largest absolute Gasteiger partial charge is 0.458 e. The Kier molecular flexibility index (Phi) is 3.97. The van der Waals surface area contributed by atoms with Gasteiger partial charge in [-0.2, -0.15) is 0 Å². The van der Waals surface area contributed by atoms with Crippen LogP contribution < -0.4 is 5.73 Å². The molecular weight excluding hydrogens is 406 g/mol. The first-order valence-electron chi connectivity index (χ1n) is 11.4. The molecule has 1 aromatic carbocycles. The minimum atomic E-state index is -1.75. The molecule has 1 aromatic heterocycles. The smallest absolute Gasteiger partial charge is 0.342 e. The lowest BCUT2D eigenvalue weighted by atomic mass is 9.78. The summed E-state index contributed by atoms with van der Waals surface area (Å²) in [5, 5.41) is 12.3. The maximum atomic E-state index is 13.5. The second-order valence-electron chi connectivity index (χ2n) is 9.63. The van der Waals surface area contributed by atoms with Gasteiger partial charge in [0.2, 0.25) is 0 Å². The van der Waals surface area contributed by atoms with Crippen LogP contribution in [-0.4, -0.2) is 39.1 Å². The van der Waals surface area contributed by atoms with E-state index < -0.39 is 11.6 Å². The number of pyridine rings is 1. The van der Waals surface area contributed by atoms with Crippen LogP contribution in [0.15, 0.2) is 17.2 Å². The quantitative estimate of drug-likeness (QED) is 0.670. The van der Waals surface area contributed by atoms with E-state index in [2.05, 4.69) is 19.9 Å². The number of amides is 1. The molecule has 6 rings (SSSR count). The number of carbonyl (C=O) groups is 2. The highest BCUT2D eigenvalue weighted by Gasteiger charge is 2.53. The van der Waals surface area contributed by atoms with Crippen molar-refractivity contribution >= 4 is 22.8 Å². The highest BCUT2D eigenvalue weighted by atomic mass is 16.6. The van der Waals surface area contributed by atoms with E-state index in [-0.39, 0.29) is 31.0 Å². The molecule has 2 aromatic rings. The van der Waals surface area contributed by atoms with Gasteiger partial charge in [0.1, 0.15) is 6.61 Å². The number of hydrogen-bond acceptors (Lipinski definition) is 6. The molecule has 3 aliphatic heterocycles. The van der Waals surface area contributed by atoms with Crippen LogP contribution in [0.2, 0.25) is 0 Å². The first kappa shape index (κ1) is 19.9. The molecule has 7 nitrogen and oxygen atoms in total. The molecule has 3 atom stereocenters. The maximum Gasteiger partial charge on any atom is 0.342 e. The number of carbonyl (C=O) groups excluding carboxylic acids is 2. The highest BCUT2D eigenvalue weighted by molar-refractivity contribution is 6.01. The zero-order valence-electron chi connectivity index (χ0n) is 18.6. The van der Waals surface area contributed by atoms with E-state index in [1.807, 2.05) is 4.90 Å². The van der Waals surface area contributed by atoms with Crippen LogP contribution in [-0.2, 0) is 27.3 Å². The van der Waals surface area contributed by atoms with Gasteiger partial charge in [0, 0.05) is 23.5 Å².